The number of nitrogens with one attached hydrogen (secondary N) is 4. The highest BCUT2D eigenvalue weighted by atomic mass is 16.6. The normalized spacial score (nSPS) is 18.9. The predicted octanol–water partition coefficient (Wildman–Crippen LogP) is 6.54. The van der Waals surface area contributed by atoms with E-state index in [0.717, 1.165) is 66.7 Å². The van der Waals surface area contributed by atoms with Gasteiger partial charge in [-0.3, -0.25) is 14.4 Å². The van der Waals surface area contributed by atoms with E-state index in [0.29, 0.717) is 48.9 Å². The van der Waals surface area contributed by atoms with Crippen molar-refractivity contribution >= 4 is 29.4 Å². The van der Waals surface area contributed by atoms with Gasteiger partial charge in [0.2, 0.25) is 17.6 Å². The lowest BCUT2D eigenvalue weighted by Gasteiger charge is -2.29. The fourth-order valence-corrected chi connectivity index (χ4v) is 7.90. The summed E-state index contributed by atoms with van der Waals surface area (Å²) in [6, 6.07) is 17.9. The van der Waals surface area contributed by atoms with Gasteiger partial charge in [0.15, 0.2) is 5.78 Å². The lowest BCUT2D eigenvalue weighted by atomic mass is 9.81. The van der Waals surface area contributed by atoms with Crippen molar-refractivity contribution in [2.75, 3.05) is 32.0 Å². The van der Waals surface area contributed by atoms with Crippen LogP contribution < -0.4 is 16.0 Å². The minimum Gasteiger partial charge on any atom is -0.444 e. The van der Waals surface area contributed by atoms with Gasteiger partial charge in [-0.15, -0.1) is 10.2 Å². The maximum Gasteiger partial charge on any atom is 0.407 e. The molecule has 1 saturated heterocycles. The van der Waals surface area contributed by atoms with E-state index in [4.69, 9.17) is 4.74 Å². The van der Waals surface area contributed by atoms with E-state index in [2.05, 4.69) is 53.5 Å². The summed E-state index contributed by atoms with van der Waals surface area (Å²) in [6.07, 6.45) is 6.36. The number of pyridine rings is 1. The Labute approximate surface area is 340 Å². The van der Waals surface area contributed by atoms with Gasteiger partial charge in [0.1, 0.15) is 17.3 Å². The van der Waals surface area contributed by atoms with Crippen molar-refractivity contribution in [3.63, 3.8) is 0 Å². The fraction of sp³-hybridized carbons (Fsp3) is 0.500. The van der Waals surface area contributed by atoms with Crippen LogP contribution in [0.1, 0.15) is 93.9 Å². The molecule has 58 heavy (non-hydrogen) atoms. The Morgan fingerprint density at radius 1 is 0.914 bits per heavy atom. The minimum atomic E-state index is -0.843. The number of Topliss-reactive ketones (excluding diaryl/α,β-unsaturated/α-hetero) is 1. The van der Waals surface area contributed by atoms with Crippen LogP contribution in [0.15, 0.2) is 60.7 Å². The number of ketones is 1. The number of anilines is 1. The zero-order chi connectivity index (χ0) is 41.2. The third kappa shape index (κ3) is 12.0. The molecule has 2 unspecified atom stereocenters. The molecule has 14 heteroatoms. The number of H-pyrrole nitrogens is 1. The maximum atomic E-state index is 13.9. The monoisotopic (exact) mass is 791 g/mol. The molecule has 0 spiro atoms. The van der Waals surface area contributed by atoms with Gasteiger partial charge < -0.3 is 25.6 Å². The number of hydrogen-bond acceptors (Lipinski definition) is 10. The van der Waals surface area contributed by atoms with Gasteiger partial charge in [0.05, 0.1) is 0 Å². The van der Waals surface area contributed by atoms with Crippen molar-refractivity contribution in [1.29, 1.82) is 0 Å². The Morgan fingerprint density at radius 2 is 1.64 bits per heavy atom. The van der Waals surface area contributed by atoms with E-state index in [9.17, 15) is 19.2 Å². The Morgan fingerprint density at radius 3 is 2.28 bits per heavy atom. The number of ether oxygens (including phenoxy) is 1. The summed E-state index contributed by atoms with van der Waals surface area (Å²) in [4.78, 5) is 59.7. The Kier molecular flexibility index (Phi) is 14.0. The van der Waals surface area contributed by atoms with Crippen LogP contribution >= 0.6 is 0 Å². The second-order valence-electron chi connectivity index (χ2n) is 16.9. The fourth-order valence-electron chi connectivity index (χ4n) is 7.90. The van der Waals surface area contributed by atoms with Gasteiger partial charge in [-0.2, -0.15) is 5.21 Å². The number of amides is 3. The first-order chi connectivity index (χ1) is 27.8. The van der Waals surface area contributed by atoms with E-state index in [1.165, 1.54) is 6.42 Å². The van der Waals surface area contributed by atoms with E-state index in [-0.39, 0.29) is 35.9 Å². The smallest absolute Gasteiger partial charge is 0.407 e. The number of rotatable bonds is 15. The molecule has 0 radical (unpaired) electrons. The lowest BCUT2D eigenvalue weighted by molar-refractivity contribution is -0.130. The van der Waals surface area contributed by atoms with Crippen molar-refractivity contribution in [1.82, 2.24) is 41.1 Å². The molecule has 2 fully saturated rings. The third-order valence-corrected chi connectivity index (χ3v) is 11.1. The number of nitrogens with zero attached hydrogens (tertiary/aromatic N) is 5. The van der Waals surface area contributed by atoms with E-state index in [1.54, 1.807) is 24.3 Å². The van der Waals surface area contributed by atoms with Crippen LogP contribution in [-0.4, -0.2) is 92.5 Å². The topological polar surface area (TPSA) is 184 Å². The van der Waals surface area contributed by atoms with Crippen LogP contribution in [0.5, 0.6) is 0 Å². The Bertz CT molecular complexity index is 2000. The van der Waals surface area contributed by atoms with Crippen LogP contribution in [0.3, 0.4) is 0 Å². The molecule has 4 N–H and O–H groups in total. The van der Waals surface area contributed by atoms with Crippen molar-refractivity contribution < 1.29 is 23.9 Å². The number of hydrogen-bond donors (Lipinski definition) is 4. The molecule has 1 aliphatic carbocycles. The van der Waals surface area contributed by atoms with Crippen molar-refractivity contribution in [3.05, 3.63) is 77.6 Å². The predicted molar refractivity (Wildman–Crippen MR) is 222 cm³/mol. The minimum absolute atomic E-state index is 0.0777. The maximum absolute atomic E-state index is 13.9. The van der Waals surface area contributed by atoms with Gasteiger partial charge in [0.25, 0.3) is 0 Å². The summed E-state index contributed by atoms with van der Waals surface area (Å²) >= 11 is 0. The number of aromatic nitrogens is 5. The first kappa shape index (κ1) is 42.1. The summed E-state index contributed by atoms with van der Waals surface area (Å²) in [5, 5.41) is 22.9. The summed E-state index contributed by atoms with van der Waals surface area (Å²) in [5.74, 6) is 0.692. The van der Waals surface area contributed by atoms with Gasteiger partial charge in [-0.1, -0.05) is 30.3 Å². The first-order valence-electron chi connectivity index (χ1n) is 20.5. The number of benzene rings is 2. The average molecular weight is 792 g/mol. The molecule has 2 aliphatic rings. The molecule has 4 aromatic rings. The standard InChI is InChI=1S/C44H57N9O5/c1-28-36(21-22-37(46-28)39(54)8-6-7-31-23-24-53(5)27-31)32-13-9-29(10-14-32)25-38(42(56)47-35-19-17-33(18-20-35)40-49-51-52-50-40)48-41(55)34-15-11-30(12-16-34)26-45-43(57)58-44(2,3)4/h9-10,13-14,17-22,30-31,34,38H,6-8,11-12,15-16,23-27H2,1-5H3,(H,45,57)(H,47,56)(H,48,55)(H,49,50,51,52). The molecule has 1 saturated carbocycles. The molecule has 2 aromatic carbocycles. The van der Waals surface area contributed by atoms with Crippen molar-refractivity contribution in [2.24, 2.45) is 17.8 Å². The van der Waals surface area contributed by atoms with E-state index < -0.39 is 17.7 Å². The van der Waals surface area contributed by atoms with Crippen LogP contribution in [0.25, 0.3) is 22.5 Å². The van der Waals surface area contributed by atoms with Gasteiger partial charge >= 0.3 is 6.09 Å². The number of aryl methyl sites for hydroxylation is 1. The first-order valence-corrected chi connectivity index (χ1v) is 20.5. The molecular weight excluding hydrogens is 735 g/mol. The number of tetrazole rings is 1. The molecule has 308 valence electrons. The van der Waals surface area contributed by atoms with E-state index in [1.807, 2.05) is 64.1 Å². The van der Waals surface area contributed by atoms with Crippen LogP contribution in [-0.2, 0) is 20.7 Å². The molecule has 3 heterocycles. The summed E-state index contributed by atoms with van der Waals surface area (Å²) in [7, 11) is 2.15. The number of carbonyl (C=O) groups is 4. The number of alkyl carbamates (subject to hydrolysis) is 1. The quantitative estimate of drug-likeness (QED) is 0.0965. The molecule has 14 nitrogen and oxygen atoms in total. The molecule has 1 aliphatic heterocycles. The van der Waals surface area contributed by atoms with Crippen molar-refractivity contribution in [2.45, 2.75) is 97.1 Å². The van der Waals surface area contributed by atoms with Crippen LogP contribution in [0.2, 0.25) is 0 Å². The molecule has 2 atom stereocenters. The van der Waals surface area contributed by atoms with Crippen LogP contribution in [0, 0.1) is 24.7 Å². The third-order valence-electron chi connectivity index (χ3n) is 11.1. The second kappa shape index (κ2) is 19.3. The largest absolute Gasteiger partial charge is 0.444 e. The molecule has 6 rings (SSSR count). The Hall–Kier alpha value is -5.50. The Balaban J connectivity index is 1.08. The average Bonchev–Trinajstić information content (AvgIpc) is 3.89. The summed E-state index contributed by atoms with van der Waals surface area (Å²) < 4.78 is 5.36. The zero-order valence-corrected chi connectivity index (χ0v) is 34.3. The van der Waals surface area contributed by atoms with Crippen molar-refractivity contribution in [3.8, 4) is 22.5 Å². The lowest BCUT2D eigenvalue weighted by Crippen LogP contribution is -2.48. The molecule has 0 bridgehead atoms. The second-order valence-corrected chi connectivity index (χ2v) is 16.9. The van der Waals surface area contributed by atoms with Gasteiger partial charge in [0, 0.05) is 54.4 Å². The molecule has 2 aromatic heterocycles. The highest BCUT2D eigenvalue weighted by Gasteiger charge is 2.30. The summed E-state index contributed by atoms with van der Waals surface area (Å²) in [6.45, 7) is 10.1. The highest BCUT2D eigenvalue weighted by molar-refractivity contribution is 5.98. The molecule has 3 amide bonds. The number of likely N-dealkylation sites (tertiary alicyclic amines) is 1. The SMILES string of the molecule is Cc1nc(C(=O)CCCC2CCN(C)C2)ccc1-c1ccc(CC(NC(=O)C2CCC(CNC(=O)OC(C)(C)C)CC2)C(=O)Nc2ccc(-c3nn[nH]n3)cc2)cc1. The van der Waals surface area contributed by atoms with Crippen LogP contribution in [0.4, 0.5) is 10.5 Å². The zero-order valence-electron chi connectivity index (χ0n) is 34.3. The highest BCUT2D eigenvalue weighted by Crippen LogP contribution is 2.30. The summed E-state index contributed by atoms with van der Waals surface area (Å²) in [5.41, 5.74) is 4.77. The van der Waals surface area contributed by atoms with Gasteiger partial charge in [-0.05, 0) is 145 Å². The van der Waals surface area contributed by atoms with Gasteiger partial charge in [-0.25, -0.2) is 9.78 Å². The molecular formula is C44H57N9O5. The van der Waals surface area contributed by atoms with E-state index >= 15 is 0 Å². The number of carbonyl (C=O) groups excluding carboxylic acids is 4. The number of aromatic amines is 1.